The molecule has 2 aromatic carbocycles. The lowest BCUT2D eigenvalue weighted by atomic mass is 9.98. The zero-order chi connectivity index (χ0) is 23.1. The number of fused-ring (bicyclic) bond motifs is 1. The van der Waals surface area contributed by atoms with Crippen molar-refractivity contribution in [3.05, 3.63) is 89.0 Å². The predicted molar refractivity (Wildman–Crippen MR) is 125 cm³/mol. The van der Waals surface area contributed by atoms with Gasteiger partial charge in [-0.05, 0) is 60.0 Å². The van der Waals surface area contributed by atoms with Gasteiger partial charge in [-0.15, -0.1) is 10.2 Å². The number of carbonyl (C=O) groups excluding carboxylic acids is 1. The summed E-state index contributed by atoms with van der Waals surface area (Å²) in [7, 11) is 1.69. The smallest absolute Gasteiger partial charge is 0.259 e. The van der Waals surface area contributed by atoms with Crippen LogP contribution in [0.5, 0.6) is 0 Å². The highest BCUT2D eigenvalue weighted by atomic mass is 35.5. The standard InChI is InChI=1S/C24H18ClFN6O/c1-14-11-20(26)18(24(33)28-21-7-9-27-31(21)2)13-17(14)15-8-10-32-22(12-15)29-30-23(32)16-5-3-4-6-19(16)25/h3-13H,1-2H3,(H,28,33). The van der Waals surface area contributed by atoms with Crippen molar-refractivity contribution in [2.24, 2.45) is 7.05 Å². The number of anilines is 1. The van der Waals surface area contributed by atoms with Crippen LogP contribution >= 0.6 is 11.6 Å². The lowest BCUT2D eigenvalue weighted by Gasteiger charge is -2.12. The highest BCUT2D eigenvalue weighted by Crippen LogP contribution is 2.30. The number of hydrogen-bond acceptors (Lipinski definition) is 4. The van der Waals surface area contributed by atoms with Crippen molar-refractivity contribution in [3.63, 3.8) is 0 Å². The first-order valence-corrected chi connectivity index (χ1v) is 10.5. The number of benzene rings is 2. The van der Waals surface area contributed by atoms with E-state index in [1.54, 1.807) is 38.4 Å². The Balaban J connectivity index is 1.54. The molecule has 0 bridgehead atoms. The number of carbonyl (C=O) groups is 1. The van der Waals surface area contributed by atoms with Crippen LogP contribution in [0.25, 0.3) is 28.2 Å². The number of nitrogens with zero attached hydrogens (tertiary/aromatic N) is 5. The van der Waals surface area contributed by atoms with E-state index < -0.39 is 11.7 Å². The van der Waals surface area contributed by atoms with E-state index in [4.69, 9.17) is 11.6 Å². The summed E-state index contributed by atoms with van der Waals surface area (Å²) in [6, 6.07) is 15.7. The predicted octanol–water partition coefficient (Wildman–Crippen LogP) is 5.15. The molecule has 5 aromatic rings. The van der Waals surface area contributed by atoms with Gasteiger partial charge in [-0.2, -0.15) is 5.10 Å². The van der Waals surface area contributed by atoms with E-state index >= 15 is 0 Å². The van der Waals surface area contributed by atoms with Crippen LogP contribution < -0.4 is 5.32 Å². The maximum atomic E-state index is 14.7. The Labute approximate surface area is 193 Å². The first-order valence-electron chi connectivity index (χ1n) is 10.1. The number of hydrogen-bond donors (Lipinski definition) is 1. The number of halogens is 2. The second kappa shape index (κ2) is 8.14. The van der Waals surface area contributed by atoms with Crippen molar-refractivity contribution >= 4 is 29.0 Å². The normalized spacial score (nSPS) is 11.2. The Bertz CT molecular complexity index is 1520. The van der Waals surface area contributed by atoms with Crippen molar-refractivity contribution in [3.8, 4) is 22.5 Å². The fraction of sp³-hybridized carbons (Fsp3) is 0.0833. The molecule has 0 aliphatic rings. The fourth-order valence-corrected chi connectivity index (χ4v) is 3.94. The molecule has 0 unspecified atom stereocenters. The van der Waals surface area contributed by atoms with Gasteiger partial charge in [-0.25, -0.2) is 4.39 Å². The van der Waals surface area contributed by atoms with Gasteiger partial charge in [-0.1, -0.05) is 23.7 Å². The minimum atomic E-state index is -0.597. The molecule has 0 spiro atoms. The molecule has 0 saturated heterocycles. The topological polar surface area (TPSA) is 77.1 Å². The van der Waals surface area contributed by atoms with Crippen molar-refractivity contribution in [2.75, 3.05) is 5.32 Å². The minimum absolute atomic E-state index is 0.0603. The first-order chi connectivity index (χ1) is 15.9. The lowest BCUT2D eigenvalue weighted by molar-refractivity contribution is 0.102. The summed E-state index contributed by atoms with van der Waals surface area (Å²) >= 11 is 6.33. The molecule has 5 rings (SSSR count). The van der Waals surface area contributed by atoms with Crippen LogP contribution in [0, 0.1) is 12.7 Å². The molecular formula is C24H18ClFN6O. The van der Waals surface area contributed by atoms with Gasteiger partial charge >= 0.3 is 0 Å². The summed E-state index contributed by atoms with van der Waals surface area (Å²) in [6.45, 7) is 1.80. The maximum absolute atomic E-state index is 14.7. The third-order valence-electron chi connectivity index (χ3n) is 5.46. The van der Waals surface area contributed by atoms with Crippen LogP contribution in [0.1, 0.15) is 15.9 Å². The first kappa shape index (κ1) is 20.8. The van der Waals surface area contributed by atoms with Gasteiger partial charge in [0.05, 0.1) is 16.8 Å². The zero-order valence-corrected chi connectivity index (χ0v) is 18.5. The van der Waals surface area contributed by atoms with Gasteiger partial charge in [-0.3, -0.25) is 13.9 Å². The summed E-state index contributed by atoms with van der Waals surface area (Å²) in [5.41, 5.74) is 3.51. The Morgan fingerprint density at radius 3 is 2.64 bits per heavy atom. The number of nitrogens with one attached hydrogen (secondary N) is 1. The molecule has 9 heteroatoms. The second-order valence-electron chi connectivity index (χ2n) is 7.59. The van der Waals surface area contributed by atoms with Gasteiger partial charge in [0.2, 0.25) is 0 Å². The third-order valence-corrected chi connectivity index (χ3v) is 5.79. The van der Waals surface area contributed by atoms with Crippen molar-refractivity contribution in [1.29, 1.82) is 0 Å². The number of aromatic nitrogens is 5. The van der Waals surface area contributed by atoms with Gasteiger partial charge in [0, 0.05) is 24.9 Å². The highest BCUT2D eigenvalue weighted by Gasteiger charge is 2.18. The summed E-state index contributed by atoms with van der Waals surface area (Å²) in [5, 5.41) is 15.8. The third kappa shape index (κ3) is 3.74. The molecule has 0 radical (unpaired) electrons. The van der Waals surface area contributed by atoms with Crippen LogP contribution in [0.4, 0.5) is 10.2 Å². The molecular weight excluding hydrogens is 443 g/mol. The van der Waals surface area contributed by atoms with Crippen LogP contribution in [-0.2, 0) is 7.05 Å². The summed E-state index contributed by atoms with van der Waals surface area (Å²) in [5.74, 6) is -0.0601. The minimum Gasteiger partial charge on any atom is -0.307 e. The van der Waals surface area contributed by atoms with Crippen LogP contribution in [-0.4, -0.2) is 30.3 Å². The Morgan fingerprint density at radius 2 is 1.88 bits per heavy atom. The van der Waals surface area contributed by atoms with E-state index in [0.717, 1.165) is 16.7 Å². The quantitative estimate of drug-likeness (QED) is 0.402. The van der Waals surface area contributed by atoms with Crippen LogP contribution in [0.2, 0.25) is 5.02 Å². The molecule has 7 nitrogen and oxygen atoms in total. The van der Waals surface area contributed by atoms with Crippen LogP contribution in [0.15, 0.2) is 67.0 Å². The second-order valence-corrected chi connectivity index (χ2v) is 8.00. The van der Waals surface area contributed by atoms with E-state index in [1.807, 2.05) is 40.9 Å². The van der Waals surface area contributed by atoms with E-state index in [0.29, 0.717) is 27.9 Å². The van der Waals surface area contributed by atoms with Crippen molar-refractivity contribution in [1.82, 2.24) is 24.4 Å². The molecule has 0 aliphatic heterocycles. The zero-order valence-electron chi connectivity index (χ0n) is 17.8. The Morgan fingerprint density at radius 1 is 1.06 bits per heavy atom. The largest absolute Gasteiger partial charge is 0.307 e. The molecule has 1 N–H and O–H groups in total. The van der Waals surface area contributed by atoms with Gasteiger partial charge in [0.25, 0.3) is 5.91 Å². The molecule has 3 aromatic heterocycles. The van der Waals surface area contributed by atoms with Crippen LogP contribution in [0.3, 0.4) is 0 Å². The van der Waals surface area contributed by atoms with E-state index in [9.17, 15) is 9.18 Å². The van der Waals surface area contributed by atoms with Crippen molar-refractivity contribution in [2.45, 2.75) is 6.92 Å². The van der Waals surface area contributed by atoms with E-state index in [1.165, 1.54) is 10.7 Å². The summed E-state index contributed by atoms with van der Waals surface area (Å²) in [6.07, 6.45) is 3.39. The average molecular weight is 461 g/mol. The monoisotopic (exact) mass is 460 g/mol. The van der Waals surface area contributed by atoms with E-state index in [2.05, 4.69) is 20.6 Å². The number of pyridine rings is 1. The Hall–Kier alpha value is -4.04. The van der Waals surface area contributed by atoms with Gasteiger partial charge < -0.3 is 5.32 Å². The SMILES string of the molecule is Cc1cc(F)c(C(=O)Nc2ccnn2C)cc1-c1ccn2c(-c3ccccc3Cl)nnc2c1. The van der Waals surface area contributed by atoms with Crippen molar-refractivity contribution < 1.29 is 9.18 Å². The number of rotatable bonds is 4. The summed E-state index contributed by atoms with van der Waals surface area (Å²) < 4.78 is 18.0. The maximum Gasteiger partial charge on any atom is 0.259 e. The number of amides is 1. The highest BCUT2D eigenvalue weighted by molar-refractivity contribution is 6.33. The molecule has 3 heterocycles. The fourth-order valence-electron chi connectivity index (χ4n) is 3.72. The Kier molecular flexibility index (Phi) is 5.14. The molecule has 1 amide bonds. The van der Waals surface area contributed by atoms with Gasteiger partial charge in [0.15, 0.2) is 11.5 Å². The molecule has 164 valence electrons. The van der Waals surface area contributed by atoms with E-state index in [-0.39, 0.29) is 5.56 Å². The van der Waals surface area contributed by atoms with Gasteiger partial charge in [0.1, 0.15) is 11.6 Å². The average Bonchev–Trinajstić information content (AvgIpc) is 3.39. The number of aryl methyl sites for hydroxylation is 2. The lowest BCUT2D eigenvalue weighted by Crippen LogP contribution is -2.16. The molecule has 0 saturated carbocycles. The summed E-state index contributed by atoms with van der Waals surface area (Å²) in [4.78, 5) is 12.8. The molecule has 0 atom stereocenters. The molecule has 0 fully saturated rings. The molecule has 0 aliphatic carbocycles. The molecule has 33 heavy (non-hydrogen) atoms.